The van der Waals surface area contributed by atoms with Gasteiger partial charge in [-0.3, -0.25) is 4.79 Å². The van der Waals surface area contributed by atoms with Crippen LogP contribution in [0.5, 0.6) is 5.75 Å². The Morgan fingerprint density at radius 3 is 2.52 bits per heavy atom. The fourth-order valence-corrected chi connectivity index (χ4v) is 5.23. The van der Waals surface area contributed by atoms with Gasteiger partial charge < -0.3 is 14.8 Å². The van der Waals surface area contributed by atoms with Crippen LogP contribution in [0.2, 0.25) is 5.02 Å². The minimum absolute atomic E-state index is 0.0110. The number of sulfonamides is 1. The summed E-state index contributed by atoms with van der Waals surface area (Å²) in [5.41, 5.74) is 1.36. The van der Waals surface area contributed by atoms with Gasteiger partial charge in [0, 0.05) is 13.1 Å². The summed E-state index contributed by atoms with van der Waals surface area (Å²) < 4.78 is 37.2. The van der Waals surface area contributed by atoms with Crippen LogP contribution in [0.15, 0.2) is 41.3 Å². The fourth-order valence-electron chi connectivity index (χ4n) is 3.22. The Morgan fingerprint density at radius 1 is 1.13 bits per heavy atom. The molecule has 1 fully saturated rings. The molecule has 1 N–H and O–H groups in total. The highest BCUT2D eigenvalue weighted by atomic mass is 35.5. The van der Waals surface area contributed by atoms with Crippen LogP contribution in [0.25, 0.3) is 0 Å². The van der Waals surface area contributed by atoms with E-state index in [9.17, 15) is 18.0 Å². The predicted octanol–water partition coefficient (Wildman–Crippen LogP) is 3.24. The first kappa shape index (κ1) is 23.1. The van der Waals surface area contributed by atoms with E-state index >= 15 is 0 Å². The van der Waals surface area contributed by atoms with E-state index in [4.69, 9.17) is 21.1 Å². The van der Waals surface area contributed by atoms with Crippen molar-refractivity contribution in [3.05, 3.63) is 52.5 Å². The topological polar surface area (TPSA) is 102 Å². The van der Waals surface area contributed by atoms with Crippen molar-refractivity contribution in [3.8, 4) is 5.75 Å². The van der Waals surface area contributed by atoms with Crippen molar-refractivity contribution in [2.24, 2.45) is 0 Å². The number of methoxy groups -OCH3 is 1. The molecule has 166 valence electrons. The van der Waals surface area contributed by atoms with Gasteiger partial charge in [0.05, 0.1) is 23.4 Å². The largest absolute Gasteiger partial charge is 0.495 e. The summed E-state index contributed by atoms with van der Waals surface area (Å²) in [7, 11) is -2.33. The molecule has 0 atom stereocenters. The molecule has 0 saturated carbocycles. The third kappa shape index (κ3) is 5.36. The Balaban J connectivity index is 1.68. The molecule has 0 aromatic heterocycles. The van der Waals surface area contributed by atoms with Gasteiger partial charge in [0.2, 0.25) is 10.0 Å². The average molecular weight is 467 g/mol. The maximum atomic E-state index is 12.8. The maximum absolute atomic E-state index is 12.8. The van der Waals surface area contributed by atoms with Gasteiger partial charge in [-0.15, -0.1) is 0 Å². The van der Waals surface area contributed by atoms with Crippen LogP contribution >= 0.6 is 11.6 Å². The van der Waals surface area contributed by atoms with Crippen molar-refractivity contribution < 1.29 is 27.5 Å². The number of carbonyl (C=O) groups is 2. The van der Waals surface area contributed by atoms with Crippen LogP contribution in [0.1, 0.15) is 28.8 Å². The van der Waals surface area contributed by atoms with E-state index in [1.165, 1.54) is 29.6 Å². The fraction of sp³-hybridized carbons (Fsp3) is 0.333. The molecule has 8 nitrogen and oxygen atoms in total. The zero-order valence-corrected chi connectivity index (χ0v) is 18.8. The highest BCUT2D eigenvalue weighted by Gasteiger charge is 2.30. The highest BCUT2D eigenvalue weighted by Crippen LogP contribution is 2.28. The lowest BCUT2D eigenvalue weighted by Gasteiger charge is -2.17. The lowest BCUT2D eigenvalue weighted by molar-refractivity contribution is -0.119. The van der Waals surface area contributed by atoms with Crippen molar-refractivity contribution in [1.82, 2.24) is 4.31 Å². The Labute approximate surface area is 186 Å². The van der Waals surface area contributed by atoms with Gasteiger partial charge >= 0.3 is 5.97 Å². The van der Waals surface area contributed by atoms with Crippen LogP contribution in [-0.2, 0) is 19.6 Å². The zero-order chi connectivity index (χ0) is 22.6. The number of esters is 1. The van der Waals surface area contributed by atoms with Crippen molar-refractivity contribution in [2.75, 3.05) is 32.1 Å². The Hall–Kier alpha value is -2.62. The Bertz CT molecular complexity index is 1100. The number of anilines is 1. The normalized spacial score (nSPS) is 14.3. The Kier molecular flexibility index (Phi) is 7.19. The van der Waals surface area contributed by atoms with Crippen molar-refractivity contribution in [2.45, 2.75) is 24.7 Å². The molecule has 0 spiro atoms. The summed E-state index contributed by atoms with van der Waals surface area (Å²) in [6.07, 6.45) is 1.55. The maximum Gasteiger partial charge on any atom is 0.338 e. The summed E-state index contributed by atoms with van der Waals surface area (Å²) in [5.74, 6) is -0.920. The van der Waals surface area contributed by atoms with E-state index in [0.29, 0.717) is 24.5 Å². The second-order valence-electron chi connectivity index (χ2n) is 7.08. The number of amides is 1. The molecule has 1 saturated heterocycles. The van der Waals surface area contributed by atoms with E-state index in [-0.39, 0.29) is 15.5 Å². The van der Waals surface area contributed by atoms with Crippen LogP contribution in [-0.4, -0.2) is 51.4 Å². The number of hydrogen-bond acceptors (Lipinski definition) is 6. The SMILES string of the molecule is COc1ccc(C)cc1NC(=O)COC(=O)c1ccc(Cl)c(S(=O)(=O)N2CCCC2)c1. The molecule has 2 aromatic carbocycles. The number of ether oxygens (including phenoxy) is 2. The number of nitrogens with one attached hydrogen (secondary N) is 1. The summed E-state index contributed by atoms with van der Waals surface area (Å²) in [4.78, 5) is 24.5. The number of benzene rings is 2. The standard InChI is InChI=1S/C21H23ClN2O6S/c1-14-5-8-18(29-2)17(11-14)23-20(25)13-30-21(26)15-6-7-16(22)19(12-15)31(27,28)24-9-3-4-10-24/h5-8,11-12H,3-4,9-10,13H2,1-2H3,(H,23,25). The molecule has 2 aromatic rings. The molecule has 0 radical (unpaired) electrons. The number of carbonyl (C=O) groups excluding carboxylic acids is 2. The first-order valence-corrected chi connectivity index (χ1v) is 11.5. The van der Waals surface area contributed by atoms with Crippen molar-refractivity contribution in [3.63, 3.8) is 0 Å². The van der Waals surface area contributed by atoms with E-state index in [0.717, 1.165) is 18.4 Å². The van der Waals surface area contributed by atoms with Gasteiger partial charge in [-0.25, -0.2) is 13.2 Å². The van der Waals surface area contributed by atoms with Crippen molar-refractivity contribution >= 4 is 39.2 Å². The molecule has 31 heavy (non-hydrogen) atoms. The smallest absolute Gasteiger partial charge is 0.338 e. The first-order chi connectivity index (χ1) is 14.7. The van der Waals surface area contributed by atoms with E-state index < -0.39 is 28.5 Å². The minimum atomic E-state index is -3.81. The van der Waals surface area contributed by atoms with Gasteiger partial charge in [0.25, 0.3) is 5.91 Å². The monoisotopic (exact) mass is 466 g/mol. The van der Waals surface area contributed by atoms with Gasteiger partial charge in [-0.1, -0.05) is 17.7 Å². The quantitative estimate of drug-likeness (QED) is 0.628. The number of hydrogen-bond donors (Lipinski definition) is 1. The molecule has 3 rings (SSSR count). The number of rotatable bonds is 7. The number of halogens is 1. The molecular formula is C21H23ClN2O6S. The molecule has 1 aliphatic heterocycles. The number of aryl methyl sites for hydroxylation is 1. The summed E-state index contributed by atoms with van der Waals surface area (Å²) in [6, 6.07) is 9.15. The third-order valence-corrected chi connectivity index (χ3v) is 7.19. The zero-order valence-electron chi connectivity index (χ0n) is 17.2. The third-order valence-electron chi connectivity index (χ3n) is 4.81. The minimum Gasteiger partial charge on any atom is -0.495 e. The average Bonchev–Trinajstić information content (AvgIpc) is 3.28. The van der Waals surface area contributed by atoms with Gasteiger partial charge in [0.1, 0.15) is 10.6 Å². The van der Waals surface area contributed by atoms with E-state index in [2.05, 4.69) is 5.32 Å². The summed E-state index contributed by atoms with van der Waals surface area (Å²) in [6.45, 7) is 2.14. The van der Waals surface area contributed by atoms with Crippen LogP contribution < -0.4 is 10.1 Å². The van der Waals surface area contributed by atoms with E-state index in [1.54, 1.807) is 12.1 Å². The molecule has 0 unspecified atom stereocenters. The van der Waals surface area contributed by atoms with Crippen molar-refractivity contribution in [1.29, 1.82) is 0 Å². The highest BCUT2D eigenvalue weighted by molar-refractivity contribution is 7.89. The molecule has 0 aliphatic carbocycles. The molecule has 1 aliphatic rings. The molecule has 1 amide bonds. The van der Waals surface area contributed by atoms with E-state index in [1.807, 2.05) is 13.0 Å². The first-order valence-electron chi connectivity index (χ1n) is 9.63. The molecular weight excluding hydrogens is 444 g/mol. The molecule has 0 bridgehead atoms. The predicted molar refractivity (Wildman–Crippen MR) is 116 cm³/mol. The lowest BCUT2D eigenvalue weighted by atomic mass is 10.2. The van der Waals surface area contributed by atoms with Crippen LogP contribution in [0.3, 0.4) is 0 Å². The molecule has 1 heterocycles. The summed E-state index contributed by atoms with van der Waals surface area (Å²) in [5, 5.41) is 2.65. The van der Waals surface area contributed by atoms with Crippen LogP contribution in [0.4, 0.5) is 5.69 Å². The second-order valence-corrected chi connectivity index (χ2v) is 9.40. The van der Waals surface area contributed by atoms with Gasteiger partial charge in [0.15, 0.2) is 6.61 Å². The summed E-state index contributed by atoms with van der Waals surface area (Å²) >= 11 is 6.09. The number of nitrogens with zero attached hydrogens (tertiary/aromatic N) is 1. The second kappa shape index (κ2) is 9.67. The van der Waals surface area contributed by atoms with Crippen LogP contribution in [0, 0.1) is 6.92 Å². The Morgan fingerprint density at radius 2 is 1.84 bits per heavy atom. The van der Waals surface area contributed by atoms with Gasteiger partial charge in [-0.05, 0) is 55.7 Å². The molecule has 10 heteroatoms. The lowest BCUT2D eigenvalue weighted by Crippen LogP contribution is -2.28. The van der Waals surface area contributed by atoms with Gasteiger partial charge in [-0.2, -0.15) is 4.31 Å².